The summed E-state index contributed by atoms with van der Waals surface area (Å²) in [6.45, 7) is 0.982. The first-order valence-corrected chi connectivity index (χ1v) is 7.25. The molecule has 1 aromatic carbocycles. The maximum Gasteiger partial charge on any atom is 0.246 e. The maximum absolute atomic E-state index is 11.6. The minimum absolute atomic E-state index is 0.0660. The first kappa shape index (κ1) is 11.5. The monoisotopic (exact) mass is 257 g/mol. The van der Waals surface area contributed by atoms with Crippen molar-refractivity contribution >= 4 is 5.91 Å². The lowest BCUT2D eigenvalue weighted by Crippen LogP contribution is -2.44. The molecule has 19 heavy (non-hydrogen) atoms. The van der Waals surface area contributed by atoms with E-state index in [2.05, 4.69) is 35.6 Å². The van der Waals surface area contributed by atoms with E-state index in [1.165, 1.54) is 18.4 Å². The molecule has 3 aliphatic rings. The Balaban J connectivity index is 1.61. The third-order valence-electron chi connectivity index (χ3n) is 5.27. The smallest absolute Gasteiger partial charge is 0.246 e. The first-order valence-electron chi connectivity index (χ1n) is 7.25. The normalized spacial score (nSPS) is 40.6. The van der Waals surface area contributed by atoms with Crippen LogP contribution in [0.3, 0.4) is 0 Å². The summed E-state index contributed by atoms with van der Waals surface area (Å²) in [7, 11) is 0. The number of hydrogen-bond acceptors (Lipinski definition) is 2. The molecule has 0 spiro atoms. The van der Waals surface area contributed by atoms with E-state index in [0.717, 1.165) is 6.61 Å². The van der Waals surface area contributed by atoms with Gasteiger partial charge in [-0.15, -0.1) is 0 Å². The number of carbonyl (C=O) groups excluding carboxylic acids is 1. The molecule has 1 N–H and O–H groups in total. The van der Waals surface area contributed by atoms with Gasteiger partial charge in [-0.2, -0.15) is 0 Å². The van der Waals surface area contributed by atoms with Crippen LogP contribution in [-0.2, 0) is 9.53 Å². The molecular weight excluding hydrogens is 238 g/mol. The minimum Gasteiger partial charge on any atom is -0.371 e. The van der Waals surface area contributed by atoms with Gasteiger partial charge < -0.3 is 10.1 Å². The van der Waals surface area contributed by atoms with Crippen molar-refractivity contribution in [1.29, 1.82) is 0 Å². The zero-order chi connectivity index (χ0) is 12.8. The second-order valence-electron chi connectivity index (χ2n) is 6.18. The van der Waals surface area contributed by atoms with Crippen LogP contribution in [0.25, 0.3) is 0 Å². The summed E-state index contributed by atoms with van der Waals surface area (Å²) in [6.07, 6.45) is 2.47. The van der Waals surface area contributed by atoms with E-state index in [-0.39, 0.29) is 12.5 Å². The van der Waals surface area contributed by atoms with E-state index >= 15 is 0 Å². The third-order valence-corrected chi connectivity index (χ3v) is 5.27. The summed E-state index contributed by atoms with van der Waals surface area (Å²) in [5.41, 5.74) is 1.46. The van der Waals surface area contributed by atoms with Crippen LogP contribution in [0.15, 0.2) is 30.3 Å². The van der Waals surface area contributed by atoms with E-state index in [1.807, 2.05) is 0 Å². The molecule has 0 aromatic heterocycles. The average Bonchev–Trinajstić information content (AvgIpc) is 2.93. The van der Waals surface area contributed by atoms with Gasteiger partial charge in [0.2, 0.25) is 5.91 Å². The highest BCUT2D eigenvalue weighted by molar-refractivity contribution is 5.78. The highest BCUT2D eigenvalue weighted by Gasteiger charge is 2.53. The number of nitrogens with one attached hydrogen (secondary N) is 1. The number of carbonyl (C=O) groups is 1. The van der Waals surface area contributed by atoms with Gasteiger partial charge in [-0.25, -0.2) is 0 Å². The predicted molar refractivity (Wildman–Crippen MR) is 71.6 cm³/mol. The van der Waals surface area contributed by atoms with Crippen molar-refractivity contribution in [3.63, 3.8) is 0 Å². The van der Waals surface area contributed by atoms with Crippen LogP contribution in [0.5, 0.6) is 0 Å². The molecule has 4 rings (SSSR count). The average molecular weight is 257 g/mol. The number of rotatable bonds is 1. The minimum atomic E-state index is 0.0660. The lowest BCUT2D eigenvalue weighted by Gasteiger charge is -2.34. The zero-order valence-electron chi connectivity index (χ0n) is 10.9. The van der Waals surface area contributed by atoms with Crippen LogP contribution in [0.1, 0.15) is 24.3 Å². The van der Waals surface area contributed by atoms with Crippen LogP contribution in [0, 0.1) is 17.8 Å². The molecule has 2 aliphatic carbocycles. The van der Waals surface area contributed by atoms with Gasteiger partial charge in [-0.05, 0) is 36.2 Å². The number of amides is 1. The Morgan fingerprint density at radius 1 is 1.11 bits per heavy atom. The SMILES string of the molecule is O=C1COC[C@H]2[C@@H]3C[C@@H](C[C@H]3c3ccccc3)[C@H]2N1. The van der Waals surface area contributed by atoms with Crippen molar-refractivity contribution in [2.75, 3.05) is 13.2 Å². The van der Waals surface area contributed by atoms with Crippen LogP contribution >= 0.6 is 0 Å². The molecule has 1 saturated heterocycles. The van der Waals surface area contributed by atoms with Crippen molar-refractivity contribution < 1.29 is 9.53 Å². The lowest BCUT2D eigenvalue weighted by atomic mass is 9.75. The van der Waals surface area contributed by atoms with Gasteiger partial charge >= 0.3 is 0 Å². The van der Waals surface area contributed by atoms with Crippen molar-refractivity contribution in [1.82, 2.24) is 5.32 Å². The Bertz CT molecular complexity index is 487. The molecule has 1 amide bonds. The van der Waals surface area contributed by atoms with Crippen LogP contribution in [0.2, 0.25) is 0 Å². The summed E-state index contributed by atoms with van der Waals surface area (Å²) >= 11 is 0. The molecule has 0 unspecified atom stereocenters. The number of benzene rings is 1. The van der Waals surface area contributed by atoms with Gasteiger partial charge in [0, 0.05) is 12.0 Å². The summed E-state index contributed by atoms with van der Waals surface area (Å²) in [4.78, 5) is 11.6. The summed E-state index contributed by atoms with van der Waals surface area (Å²) < 4.78 is 5.55. The second kappa shape index (κ2) is 4.34. The predicted octanol–water partition coefficient (Wildman–Crippen LogP) is 1.94. The van der Waals surface area contributed by atoms with Gasteiger partial charge in [0.1, 0.15) is 6.61 Å². The van der Waals surface area contributed by atoms with E-state index in [1.54, 1.807) is 0 Å². The number of ether oxygens (including phenoxy) is 1. The largest absolute Gasteiger partial charge is 0.371 e. The molecule has 100 valence electrons. The molecule has 2 bridgehead atoms. The van der Waals surface area contributed by atoms with Crippen molar-refractivity contribution in [2.45, 2.75) is 24.8 Å². The van der Waals surface area contributed by atoms with E-state index in [9.17, 15) is 4.79 Å². The molecule has 1 aliphatic heterocycles. The van der Waals surface area contributed by atoms with E-state index in [0.29, 0.717) is 29.7 Å². The van der Waals surface area contributed by atoms with Crippen LogP contribution in [0.4, 0.5) is 0 Å². The molecule has 3 nitrogen and oxygen atoms in total. The number of hydrogen-bond donors (Lipinski definition) is 1. The van der Waals surface area contributed by atoms with E-state index in [4.69, 9.17) is 4.74 Å². The Labute approximate surface area is 113 Å². The molecule has 3 heteroatoms. The Kier molecular flexibility index (Phi) is 2.62. The highest BCUT2D eigenvalue weighted by atomic mass is 16.5. The van der Waals surface area contributed by atoms with Crippen LogP contribution < -0.4 is 5.32 Å². The van der Waals surface area contributed by atoms with Gasteiger partial charge in [-0.3, -0.25) is 4.79 Å². The first-order chi connectivity index (χ1) is 9.33. The van der Waals surface area contributed by atoms with Gasteiger partial charge in [-0.1, -0.05) is 30.3 Å². The fourth-order valence-electron chi connectivity index (χ4n) is 4.54. The van der Waals surface area contributed by atoms with Crippen LogP contribution in [-0.4, -0.2) is 25.2 Å². The Morgan fingerprint density at radius 3 is 2.79 bits per heavy atom. The topological polar surface area (TPSA) is 38.3 Å². The highest BCUT2D eigenvalue weighted by Crippen LogP contribution is 2.56. The summed E-state index contributed by atoms with van der Waals surface area (Å²) in [5.74, 6) is 2.56. The molecule has 3 fully saturated rings. The van der Waals surface area contributed by atoms with Crippen molar-refractivity contribution in [3.8, 4) is 0 Å². The molecule has 2 saturated carbocycles. The molecular formula is C16H19NO2. The van der Waals surface area contributed by atoms with E-state index < -0.39 is 0 Å². The van der Waals surface area contributed by atoms with Crippen molar-refractivity contribution in [2.24, 2.45) is 17.8 Å². The molecule has 1 aromatic rings. The molecule has 1 heterocycles. The van der Waals surface area contributed by atoms with Gasteiger partial charge in [0.15, 0.2) is 0 Å². The van der Waals surface area contributed by atoms with Gasteiger partial charge in [0.05, 0.1) is 6.61 Å². The lowest BCUT2D eigenvalue weighted by molar-refractivity contribution is -0.124. The number of fused-ring (bicyclic) bond motifs is 5. The standard InChI is InChI=1S/C16H19NO2/c18-15-9-19-8-14-13-7-11(16(14)17-15)6-12(13)10-4-2-1-3-5-10/h1-5,11-14,16H,6-9H2,(H,17,18)/t11-,12+,13-,14+,16-/m1/s1. The zero-order valence-corrected chi connectivity index (χ0v) is 10.9. The summed E-state index contributed by atoms with van der Waals surface area (Å²) in [5, 5.41) is 3.18. The second-order valence-corrected chi connectivity index (χ2v) is 6.18. The van der Waals surface area contributed by atoms with Crippen molar-refractivity contribution in [3.05, 3.63) is 35.9 Å². The summed E-state index contributed by atoms with van der Waals surface area (Å²) in [6, 6.07) is 11.2. The fourth-order valence-corrected chi connectivity index (χ4v) is 4.54. The quantitative estimate of drug-likeness (QED) is 0.835. The molecule has 0 radical (unpaired) electrons. The maximum atomic E-state index is 11.6. The third kappa shape index (κ3) is 1.79. The Hall–Kier alpha value is -1.35. The van der Waals surface area contributed by atoms with Gasteiger partial charge in [0.25, 0.3) is 0 Å². The molecule has 5 atom stereocenters. The Morgan fingerprint density at radius 2 is 1.95 bits per heavy atom. The fraction of sp³-hybridized carbons (Fsp3) is 0.562.